The maximum absolute atomic E-state index is 15.0. The normalized spacial score (nSPS) is 14.0. The van der Waals surface area contributed by atoms with Gasteiger partial charge in [0.1, 0.15) is 18.2 Å². The number of hydrogen-bond donors (Lipinski definition) is 4. The molecule has 52 heavy (non-hydrogen) atoms. The summed E-state index contributed by atoms with van der Waals surface area (Å²) in [6, 6.07) is 13.3. The van der Waals surface area contributed by atoms with Gasteiger partial charge in [0.05, 0.1) is 6.04 Å². The number of nitrogens with one attached hydrogen (secondary N) is 2. The molecule has 5 amide bonds. The first-order valence-electron chi connectivity index (χ1n) is 17.1. The van der Waals surface area contributed by atoms with Crippen LogP contribution in [0.4, 0.5) is 8.78 Å². The van der Waals surface area contributed by atoms with Crippen LogP contribution < -0.4 is 16.4 Å². The van der Waals surface area contributed by atoms with Gasteiger partial charge >= 0.3 is 0 Å². The third-order valence-electron chi connectivity index (χ3n) is 8.67. The van der Waals surface area contributed by atoms with Crippen molar-refractivity contribution >= 4 is 29.5 Å². The highest BCUT2D eigenvalue weighted by Gasteiger charge is 2.37. The molecule has 5 N–H and O–H groups in total. The van der Waals surface area contributed by atoms with Crippen molar-refractivity contribution < 1.29 is 37.9 Å². The lowest BCUT2D eigenvalue weighted by Crippen LogP contribution is -2.46. The monoisotopic (exact) mass is 720 g/mol. The number of nitrogens with zero attached hydrogens (tertiary/aromatic N) is 3. The first-order chi connectivity index (χ1) is 24.7. The highest BCUT2D eigenvalue weighted by Crippen LogP contribution is 2.41. The van der Waals surface area contributed by atoms with E-state index in [0.29, 0.717) is 17.8 Å². The highest BCUT2D eigenvalue weighted by molar-refractivity contribution is 6.12. The number of benzene rings is 2. The summed E-state index contributed by atoms with van der Waals surface area (Å²) in [5.74, 6) is -3.47. The Balaban J connectivity index is 1.43. The number of hydrogen-bond acceptors (Lipinski definition) is 7. The molecule has 2 aromatic carbocycles. The number of amides is 5. The minimum absolute atomic E-state index is 0.0227. The van der Waals surface area contributed by atoms with Gasteiger partial charge < -0.3 is 30.9 Å². The van der Waals surface area contributed by atoms with Gasteiger partial charge in [0, 0.05) is 86.8 Å². The lowest BCUT2D eigenvalue weighted by Gasteiger charge is -2.41. The SMILES string of the molecule is CC(C)(C)C(c1cc(-c2cc(F)ccc2F)cn1Cc1ccccc1)N(CCC(N)CNC(=O)CCC(=O)NCCN1C(=O)C=CC1=O)C(=O)CO. The van der Waals surface area contributed by atoms with Crippen LogP contribution in [-0.4, -0.2) is 87.8 Å². The molecular weight excluding hydrogens is 674 g/mol. The number of carbonyl (C=O) groups excluding carboxylic acids is 5. The zero-order valence-electron chi connectivity index (χ0n) is 29.6. The number of rotatable bonds is 17. The van der Waals surface area contributed by atoms with Crippen molar-refractivity contribution in [1.82, 2.24) is 25.0 Å². The Hall–Kier alpha value is -5.21. The predicted octanol–water partition coefficient (Wildman–Crippen LogP) is 3.04. The van der Waals surface area contributed by atoms with Crippen molar-refractivity contribution in [2.24, 2.45) is 11.1 Å². The maximum Gasteiger partial charge on any atom is 0.253 e. The number of carbonyl (C=O) groups is 5. The average molecular weight is 721 g/mol. The molecule has 2 atom stereocenters. The second-order valence-corrected chi connectivity index (χ2v) is 13.8. The van der Waals surface area contributed by atoms with Crippen LogP contribution in [0.15, 0.2) is 72.9 Å². The molecule has 0 bridgehead atoms. The van der Waals surface area contributed by atoms with Crippen molar-refractivity contribution in [3.8, 4) is 11.1 Å². The van der Waals surface area contributed by atoms with Crippen LogP contribution >= 0.6 is 0 Å². The van der Waals surface area contributed by atoms with E-state index in [0.717, 1.165) is 40.8 Å². The van der Waals surface area contributed by atoms with Gasteiger partial charge in [0.25, 0.3) is 11.8 Å². The number of imide groups is 1. The summed E-state index contributed by atoms with van der Waals surface area (Å²) in [7, 11) is 0. The molecule has 0 spiro atoms. The fourth-order valence-electron chi connectivity index (χ4n) is 6.11. The van der Waals surface area contributed by atoms with Gasteiger partial charge in [0.15, 0.2) is 0 Å². The molecule has 1 aliphatic heterocycles. The van der Waals surface area contributed by atoms with Crippen molar-refractivity contribution in [2.45, 2.75) is 58.7 Å². The summed E-state index contributed by atoms with van der Waals surface area (Å²) in [4.78, 5) is 63.8. The third-order valence-corrected chi connectivity index (χ3v) is 8.67. The molecular formula is C38H46F2N6O6. The summed E-state index contributed by atoms with van der Waals surface area (Å²) in [6.07, 6.45) is 4.06. The fourth-order valence-corrected chi connectivity index (χ4v) is 6.11. The molecule has 0 saturated heterocycles. The Morgan fingerprint density at radius 1 is 0.942 bits per heavy atom. The summed E-state index contributed by atoms with van der Waals surface area (Å²) in [5.41, 5.74) is 7.85. The van der Waals surface area contributed by atoms with Gasteiger partial charge in [-0.1, -0.05) is 51.1 Å². The van der Waals surface area contributed by atoms with Crippen molar-refractivity contribution in [1.29, 1.82) is 0 Å². The molecule has 2 heterocycles. The lowest BCUT2D eigenvalue weighted by molar-refractivity contribution is -0.140. The minimum Gasteiger partial charge on any atom is -0.387 e. The molecule has 12 nitrogen and oxygen atoms in total. The van der Waals surface area contributed by atoms with Crippen LogP contribution in [-0.2, 0) is 30.5 Å². The van der Waals surface area contributed by atoms with Gasteiger partial charge in [-0.05, 0) is 41.7 Å². The van der Waals surface area contributed by atoms with Crippen LogP contribution in [0.5, 0.6) is 0 Å². The first kappa shape index (κ1) is 39.6. The van der Waals surface area contributed by atoms with Crippen LogP contribution in [0.25, 0.3) is 11.1 Å². The number of halogens is 2. The molecule has 4 rings (SSSR count). The summed E-state index contributed by atoms with van der Waals surface area (Å²) in [6.45, 7) is 5.67. The van der Waals surface area contributed by atoms with E-state index in [-0.39, 0.29) is 51.0 Å². The van der Waals surface area contributed by atoms with Crippen LogP contribution in [0.3, 0.4) is 0 Å². The van der Waals surface area contributed by atoms with Crippen LogP contribution in [0, 0.1) is 17.0 Å². The Morgan fingerprint density at radius 2 is 1.60 bits per heavy atom. The number of aliphatic hydroxyl groups is 1. The summed E-state index contributed by atoms with van der Waals surface area (Å²) >= 11 is 0. The summed E-state index contributed by atoms with van der Waals surface area (Å²) in [5, 5.41) is 15.3. The zero-order chi connectivity index (χ0) is 38.0. The first-order valence-corrected chi connectivity index (χ1v) is 17.1. The van der Waals surface area contributed by atoms with E-state index >= 15 is 0 Å². The Bertz CT molecular complexity index is 1770. The second kappa shape index (κ2) is 17.8. The molecule has 1 aliphatic rings. The van der Waals surface area contributed by atoms with Crippen molar-refractivity contribution in [3.63, 3.8) is 0 Å². The lowest BCUT2D eigenvalue weighted by atomic mass is 9.82. The molecule has 0 aliphatic carbocycles. The van der Waals surface area contributed by atoms with E-state index in [1.807, 2.05) is 55.7 Å². The molecule has 2 unspecified atom stereocenters. The van der Waals surface area contributed by atoms with E-state index < -0.39 is 65.3 Å². The number of aromatic nitrogens is 1. The highest BCUT2D eigenvalue weighted by atomic mass is 19.1. The van der Waals surface area contributed by atoms with Gasteiger partial charge in [-0.15, -0.1) is 0 Å². The second-order valence-electron chi connectivity index (χ2n) is 13.8. The Morgan fingerprint density at radius 3 is 2.23 bits per heavy atom. The molecule has 278 valence electrons. The average Bonchev–Trinajstić information content (AvgIpc) is 3.66. The molecule has 1 aromatic heterocycles. The standard InChI is InChI=1S/C38H46F2N6O6/c1-38(2,3)37(31-19-26(29-20-27(39)9-10-30(29)40)23-44(31)22-25-7-5-4-6-8-25)46(36(52)24-47)17-15-28(41)21-43-33(49)12-11-32(48)42-16-18-45-34(50)13-14-35(45)51/h4-10,13-14,19-20,23,28,37,47H,11-12,15-18,21-22,24,41H2,1-3H3,(H,42,48)(H,43,49). The van der Waals surface area contributed by atoms with Gasteiger partial charge in [-0.25, -0.2) is 8.78 Å². The number of aliphatic hydroxyl groups excluding tert-OH is 1. The summed E-state index contributed by atoms with van der Waals surface area (Å²) < 4.78 is 31.2. The van der Waals surface area contributed by atoms with E-state index in [1.165, 1.54) is 4.90 Å². The minimum atomic E-state index is -0.771. The zero-order valence-corrected chi connectivity index (χ0v) is 29.6. The fraction of sp³-hybridized carbons (Fsp3) is 0.395. The quantitative estimate of drug-likeness (QED) is 0.156. The van der Waals surface area contributed by atoms with E-state index in [4.69, 9.17) is 5.73 Å². The molecule has 0 saturated carbocycles. The molecule has 3 aromatic rings. The number of nitrogens with two attached hydrogens (primary N) is 1. The van der Waals surface area contributed by atoms with Crippen molar-refractivity contribution in [3.05, 3.63) is 95.8 Å². The Labute approximate surface area is 301 Å². The maximum atomic E-state index is 15.0. The molecule has 0 fully saturated rings. The van der Waals surface area contributed by atoms with E-state index in [2.05, 4.69) is 10.6 Å². The van der Waals surface area contributed by atoms with Crippen LogP contribution in [0.1, 0.15) is 57.3 Å². The third kappa shape index (κ3) is 10.7. The van der Waals surface area contributed by atoms with Gasteiger partial charge in [-0.2, -0.15) is 0 Å². The molecule has 14 heteroatoms. The Kier molecular flexibility index (Phi) is 13.6. The van der Waals surface area contributed by atoms with Crippen LogP contribution in [0.2, 0.25) is 0 Å². The van der Waals surface area contributed by atoms with Gasteiger partial charge in [-0.3, -0.25) is 28.9 Å². The van der Waals surface area contributed by atoms with Gasteiger partial charge in [0.2, 0.25) is 17.7 Å². The van der Waals surface area contributed by atoms with E-state index in [1.54, 1.807) is 12.3 Å². The largest absolute Gasteiger partial charge is 0.387 e. The van der Waals surface area contributed by atoms with E-state index in [9.17, 15) is 37.9 Å². The predicted molar refractivity (Wildman–Crippen MR) is 190 cm³/mol. The van der Waals surface area contributed by atoms with Crippen molar-refractivity contribution in [2.75, 3.05) is 32.8 Å². The molecule has 0 radical (unpaired) electrons. The topological polar surface area (TPSA) is 167 Å². The smallest absolute Gasteiger partial charge is 0.253 e.